The second-order valence-corrected chi connectivity index (χ2v) is 13.5. The number of phosphoric acid groups is 1. The smallest absolute Gasteiger partial charge is 0.462 e. The molecule has 1 unspecified atom stereocenters. The average Bonchev–Trinajstić information content (AvgIpc) is 3.08. The summed E-state index contributed by atoms with van der Waals surface area (Å²) in [6, 6.07) is 0. The highest BCUT2D eigenvalue weighted by molar-refractivity contribution is 7.47. The number of carbonyl (C=O) groups excluding carboxylic acids is 2. The Balaban J connectivity index is 4.34. The van der Waals surface area contributed by atoms with Crippen molar-refractivity contribution in [2.75, 3.05) is 26.4 Å². The van der Waals surface area contributed by atoms with Gasteiger partial charge in [0.25, 0.3) is 0 Å². The summed E-state index contributed by atoms with van der Waals surface area (Å²) in [5.41, 5.74) is 5.32. The van der Waals surface area contributed by atoms with Crippen molar-refractivity contribution < 1.29 is 37.6 Å². The molecule has 0 saturated carbocycles. The minimum atomic E-state index is -4.38. The van der Waals surface area contributed by atoms with Crippen molar-refractivity contribution >= 4 is 19.8 Å². The molecule has 2 atom stereocenters. The first-order chi connectivity index (χ1) is 23.8. The van der Waals surface area contributed by atoms with E-state index in [0.29, 0.717) is 12.8 Å². The number of phosphoric ester groups is 1. The zero-order valence-electron chi connectivity index (χ0n) is 30.7. The van der Waals surface area contributed by atoms with E-state index >= 15 is 0 Å². The minimum absolute atomic E-state index is 0.0423. The molecule has 0 aliphatic carbocycles. The number of allylic oxidation sites excluding steroid dienone is 10. The van der Waals surface area contributed by atoms with Gasteiger partial charge in [0.05, 0.1) is 13.2 Å². The molecule has 282 valence electrons. The number of carbonyl (C=O) groups is 2. The maximum absolute atomic E-state index is 12.5. The number of unbranched alkanes of at least 4 members (excludes halogenated alkanes) is 11. The molecule has 0 rings (SSSR count). The number of hydrogen-bond acceptors (Lipinski definition) is 8. The van der Waals surface area contributed by atoms with E-state index in [9.17, 15) is 19.0 Å². The van der Waals surface area contributed by atoms with Gasteiger partial charge in [-0.05, 0) is 70.6 Å². The van der Waals surface area contributed by atoms with Crippen LogP contribution in [0.15, 0.2) is 60.8 Å². The maximum Gasteiger partial charge on any atom is 0.472 e. The molecule has 0 spiro atoms. The highest BCUT2D eigenvalue weighted by Crippen LogP contribution is 2.43. The number of esters is 2. The molecule has 0 aromatic heterocycles. The summed E-state index contributed by atoms with van der Waals surface area (Å²) in [4.78, 5) is 34.6. The highest BCUT2D eigenvalue weighted by atomic mass is 31.2. The third-order valence-electron chi connectivity index (χ3n) is 7.38. The van der Waals surface area contributed by atoms with Crippen LogP contribution in [0.2, 0.25) is 0 Å². The molecule has 0 saturated heterocycles. The Morgan fingerprint density at radius 2 is 1.10 bits per heavy atom. The molecule has 0 amide bonds. The summed E-state index contributed by atoms with van der Waals surface area (Å²) in [7, 11) is -4.38. The van der Waals surface area contributed by atoms with Gasteiger partial charge in [-0.3, -0.25) is 18.6 Å². The van der Waals surface area contributed by atoms with E-state index in [1.165, 1.54) is 38.5 Å². The van der Waals surface area contributed by atoms with Crippen LogP contribution in [-0.4, -0.2) is 49.3 Å². The molecule has 0 aromatic rings. The van der Waals surface area contributed by atoms with Crippen molar-refractivity contribution in [1.29, 1.82) is 0 Å². The first-order valence-corrected chi connectivity index (χ1v) is 20.3. The van der Waals surface area contributed by atoms with E-state index in [1.54, 1.807) is 0 Å². The van der Waals surface area contributed by atoms with E-state index in [1.807, 2.05) is 6.08 Å². The number of nitrogens with two attached hydrogens (primary N) is 1. The molecule has 0 aromatic carbocycles. The fraction of sp³-hybridized carbons (Fsp3) is 0.692. The van der Waals surface area contributed by atoms with Gasteiger partial charge in [0.1, 0.15) is 6.61 Å². The molecule has 0 heterocycles. The molecule has 0 fully saturated rings. The van der Waals surface area contributed by atoms with Gasteiger partial charge in [0, 0.05) is 19.4 Å². The van der Waals surface area contributed by atoms with E-state index < -0.39 is 32.5 Å². The number of hydrogen-bond donors (Lipinski definition) is 2. The predicted octanol–water partition coefficient (Wildman–Crippen LogP) is 10.2. The van der Waals surface area contributed by atoms with Crippen molar-refractivity contribution in [3.63, 3.8) is 0 Å². The third kappa shape index (κ3) is 35.3. The SMILES string of the molecule is CCCC/C=C\CCCCCCCC(=O)O[C@H](COC(=O)CCC/C=C\C/C=C\C/C=C\C/C=C\CCCCC)COP(=O)(O)OCCN. The van der Waals surface area contributed by atoms with Crippen LogP contribution in [0.5, 0.6) is 0 Å². The largest absolute Gasteiger partial charge is 0.472 e. The second-order valence-electron chi connectivity index (χ2n) is 12.1. The summed E-state index contributed by atoms with van der Waals surface area (Å²) in [6.07, 6.45) is 39.7. The lowest BCUT2D eigenvalue weighted by Gasteiger charge is -2.19. The zero-order chi connectivity index (χ0) is 36.1. The van der Waals surface area contributed by atoms with E-state index in [2.05, 4.69) is 68.5 Å². The molecule has 10 heteroatoms. The summed E-state index contributed by atoms with van der Waals surface area (Å²) in [5, 5.41) is 0. The Labute approximate surface area is 298 Å². The van der Waals surface area contributed by atoms with Crippen LogP contribution in [0.25, 0.3) is 0 Å². The average molecular weight is 710 g/mol. The van der Waals surface area contributed by atoms with Gasteiger partial charge in [-0.2, -0.15) is 0 Å². The summed E-state index contributed by atoms with van der Waals surface area (Å²) in [5.74, 6) is -0.914. The van der Waals surface area contributed by atoms with Crippen LogP contribution in [-0.2, 0) is 32.7 Å². The molecule has 0 radical (unpaired) electrons. The second kappa shape index (κ2) is 35.5. The third-order valence-corrected chi connectivity index (χ3v) is 8.36. The molecular weight excluding hydrogens is 641 g/mol. The summed E-state index contributed by atoms with van der Waals surface area (Å²) in [6.45, 7) is 3.56. The lowest BCUT2D eigenvalue weighted by atomic mass is 10.1. The molecule has 0 bridgehead atoms. The van der Waals surface area contributed by atoms with E-state index in [0.717, 1.165) is 64.2 Å². The van der Waals surface area contributed by atoms with Crippen LogP contribution in [0.4, 0.5) is 0 Å². The topological polar surface area (TPSA) is 134 Å². The van der Waals surface area contributed by atoms with Crippen molar-refractivity contribution in [3.05, 3.63) is 60.8 Å². The van der Waals surface area contributed by atoms with Gasteiger partial charge in [0.15, 0.2) is 6.10 Å². The molecule has 9 nitrogen and oxygen atoms in total. The first-order valence-electron chi connectivity index (χ1n) is 18.8. The fourth-order valence-corrected chi connectivity index (χ4v) is 5.31. The van der Waals surface area contributed by atoms with Crippen molar-refractivity contribution in [1.82, 2.24) is 0 Å². The lowest BCUT2D eigenvalue weighted by Crippen LogP contribution is -2.29. The first kappa shape index (κ1) is 46.7. The lowest BCUT2D eigenvalue weighted by molar-refractivity contribution is -0.161. The van der Waals surface area contributed by atoms with Crippen molar-refractivity contribution in [3.8, 4) is 0 Å². The van der Waals surface area contributed by atoms with Gasteiger partial charge in [-0.15, -0.1) is 0 Å². The quantitative estimate of drug-likeness (QED) is 0.0290. The molecule has 0 aliphatic rings. The molecule has 0 aliphatic heterocycles. The standard InChI is InChI=1S/C39H68NO8P/c1-3-5-7-9-11-13-15-16-17-18-19-20-22-23-25-27-29-31-38(41)45-35-37(36-47-49(43,44)46-34-33-40)48-39(42)32-30-28-26-24-21-14-12-10-8-6-4-2/h10-13,16-17,19-20,23,25,37H,3-9,14-15,18,21-22,24,26-36,40H2,1-2H3,(H,43,44)/b12-10-,13-11-,17-16-,20-19-,25-23-/t37-/m1/s1. The van der Waals surface area contributed by atoms with Crippen LogP contribution >= 0.6 is 7.82 Å². The minimum Gasteiger partial charge on any atom is -0.462 e. The van der Waals surface area contributed by atoms with E-state index in [4.69, 9.17) is 24.3 Å². The summed E-state index contributed by atoms with van der Waals surface area (Å²) >= 11 is 0. The Morgan fingerprint density at radius 3 is 1.71 bits per heavy atom. The summed E-state index contributed by atoms with van der Waals surface area (Å²) < 4.78 is 32.5. The Morgan fingerprint density at radius 1 is 0.612 bits per heavy atom. The Hall–Kier alpha value is -2.29. The number of ether oxygens (including phenoxy) is 2. The molecule has 49 heavy (non-hydrogen) atoms. The van der Waals surface area contributed by atoms with Gasteiger partial charge < -0.3 is 20.1 Å². The van der Waals surface area contributed by atoms with Gasteiger partial charge in [0.2, 0.25) is 0 Å². The monoisotopic (exact) mass is 709 g/mol. The van der Waals surface area contributed by atoms with Crippen molar-refractivity contribution in [2.45, 2.75) is 148 Å². The normalized spacial score (nSPS) is 14.1. The van der Waals surface area contributed by atoms with Crippen LogP contribution in [0.3, 0.4) is 0 Å². The number of rotatable bonds is 34. The van der Waals surface area contributed by atoms with Gasteiger partial charge >= 0.3 is 19.8 Å². The van der Waals surface area contributed by atoms with Gasteiger partial charge in [-0.1, -0.05) is 120 Å². The van der Waals surface area contributed by atoms with Crippen LogP contribution in [0.1, 0.15) is 142 Å². The van der Waals surface area contributed by atoms with E-state index in [-0.39, 0.29) is 32.6 Å². The Kier molecular flexibility index (Phi) is 33.9. The highest BCUT2D eigenvalue weighted by Gasteiger charge is 2.25. The fourth-order valence-electron chi connectivity index (χ4n) is 4.55. The van der Waals surface area contributed by atoms with Gasteiger partial charge in [-0.25, -0.2) is 4.57 Å². The molecule has 3 N–H and O–H groups in total. The predicted molar refractivity (Wildman–Crippen MR) is 201 cm³/mol. The zero-order valence-corrected chi connectivity index (χ0v) is 31.5. The van der Waals surface area contributed by atoms with Crippen LogP contribution in [0, 0.1) is 0 Å². The maximum atomic E-state index is 12.5. The Bertz CT molecular complexity index is 992. The van der Waals surface area contributed by atoms with Crippen LogP contribution < -0.4 is 5.73 Å². The van der Waals surface area contributed by atoms with Crippen molar-refractivity contribution in [2.24, 2.45) is 5.73 Å². The molecular formula is C39H68NO8P.